The number of hydrogen-bond donors (Lipinski definition) is 0. The van der Waals surface area contributed by atoms with Gasteiger partial charge in [-0.15, -0.1) is 0 Å². The number of hydrogen-bond acceptors (Lipinski definition) is 4. The summed E-state index contributed by atoms with van der Waals surface area (Å²) >= 11 is 0. The molecule has 0 N–H and O–H groups in total. The van der Waals surface area contributed by atoms with Crippen LogP contribution >= 0.6 is 0 Å². The highest BCUT2D eigenvalue weighted by Gasteiger charge is 2.13. The van der Waals surface area contributed by atoms with Crippen LogP contribution in [-0.2, 0) is 0 Å². The van der Waals surface area contributed by atoms with E-state index in [-0.39, 0.29) is 5.92 Å². The van der Waals surface area contributed by atoms with Crippen molar-refractivity contribution in [2.45, 2.75) is 19.3 Å². The maximum Gasteiger partial charge on any atom is 0.153 e. The maximum absolute atomic E-state index is 11.2. The standard InChI is InChI=1S/C29H24O4/c1-2-27(21-11-15-25(16-12-21)32-28-9-5-3-7-23(28)19-30)22-13-17-26(18-14-22)33-29-10-6-4-8-24(29)20-31/h3-20,27H,2H2,1H3. The van der Waals surface area contributed by atoms with Crippen LogP contribution in [0.1, 0.15) is 51.1 Å². The van der Waals surface area contributed by atoms with Gasteiger partial charge in [0.2, 0.25) is 0 Å². The third-order valence-corrected chi connectivity index (χ3v) is 5.52. The summed E-state index contributed by atoms with van der Waals surface area (Å²) in [5.74, 6) is 2.66. The highest BCUT2D eigenvalue weighted by molar-refractivity contribution is 5.79. The number of benzene rings is 4. The fraction of sp³-hybridized carbons (Fsp3) is 0.103. The number of carbonyl (C=O) groups is 2. The van der Waals surface area contributed by atoms with Crippen LogP contribution in [0.2, 0.25) is 0 Å². The molecule has 0 spiro atoms. The predicted molar refractivity (Wildman–Crippen MR) is 129 cm³/mol. The van der Waals surface area contributed by atoms with Gasteiger partial charge in [-0.2, -0.15) is 0 Å². The van der Waals surface area contributed by atoms with Crippen LogP contribution in [0.4, 0.5) is 0 Å². The summed E-state index contributed by atoms with van der Waals surface area (Å²) in [5, 5.41) is 0. The first-order valence-corrected chi connectivity index (χ1v) is 10.9. The van der Waals surface area contributed by atoms with Crippen LogP contribution in [0, 0.1) is 0 Å². The van der Waals surface area contributed by atoms with E-state index in [0.717, 1.165) is 19.0 Å². The highest BCUT2D eigenvalue weighted by atomic mass is 16.5. The Morgan fingerprint density at radius 2 is 1.00 bits per heavy atom. The van der Waals surface area contributed by atoms with Crippen LogP contribution < -0.4 is 9.47 Å². The van der Waals surface area contributed by atoms with Crippen molar-refractivity contribution in [2.75, 3.05) is 0 Å². The quantitative estimate of drug-likeness (QED) is 0.256. The second-order valence-corrected chi connectivity index (χ2v) is 7.61. The van der Waals surface area contributed by atoms with Crippen LogP contribution in [0.3, 0.4) is 0 Å². The second kappa shape index (κ2) is 10.4. The van der Waals surface area contributed by atoms with Gasteiger partial charge in [-0.3, -0.25) is 9.59 Å². The van der Waals surface area contributed by atoms with Crippen molar-refractivity contribution in [2.24, 2.45) is 0 Å². The SMILES string of the molecule is CCC(c1ccc(Oc2ccccc2C=O)cc1)c1ccc(Oc2ccccc2C=O)cc1. The van der Waals surface area contributed by atoms with Crippen LogP contribution in [0.5, 0.6) is 23.0 Å². The minimum absolute atomic E-state index is 0.220. The average molecular weight is 437 g/mol. The molecule has 4 rings (SSSR count). The van der Waals surface area contributed by atoms with E-state index in [4.69, 9.17) is 9.47 Å². The summed E-state index contributed by atoms with van der Waals surface area (Å²) in [5.41, 5.74) is 3.39. The summed E-state index contributed by atoms with van der Waals surface area (Å²) in [7, 11) is 0. The van der Waals surface area contributed by atoms with Gasteiger partial charge in [0.05, 0.1) is 11.1 Å². The molecule has 4 aromatic rings. The Morgan fingerprint density at radius 1 is 0.606 bits per heavy atom. The van der Waals surface area contributed by atoms with Crippen molar-refractivity contribution in [3.63, 3.8) is 0 Å². The van der Waals surface area contributed by atoms with Gasteiger partial charge in [-0.1, -0.05) is 55.5 Å². The molecular formula is C29H24O4. The van der Waals surface area contributed by atoms with Gasteiger partial charge in [-0.25, -0.2) is 0 Å². The molecule has 0 aromatic heterocycles. The van der Waals surface area contributed by atoms with Gasteiger partial charge >= 0.3 is 0 Å². The smallest absolute Gasteiger partial charge is 0.153 e. The zero-order chi connectivity index (χ0) is 23.0. The summed E-state index contributed by atoms with van der Waals surface area (Å²) in [6.45, 7) is 2.15. The Morgan fingerprint density at radius 3 is 1.36 bits per heavy atom. The second-order valence-electron chi connectivity index (χ2n) is 7.61. The molecule has 0 radical (unpaired) electrons. The molecule has 4 aromatic carbocycles. The molecule has 0 aliphatic rings. The van der Waals surface area contributed by atoms with Gasteiger partial charge < -0.3 is 9.47 Å². The van der Waals surface area contributed by atoms with E-state index in [1.54, 1.807) is 24.3 Å². The van der Waals surface area contributed by atoms with E-state index in [1.807, 2.05) is 48.5 Å². The fourth-order valence-corrected chi connectivity index (χ4v) is 3.80. The Kier molecular flexibility index (Phi) is 6.96. The Hall–Kier alpha value is -4.18. The lowest BCUT2D eigenvalue weighted by atomic mass is 9.89. The van der Waals surface area contributed by atoms with E-state index < -0.39 is 0 Å². The van der Waals surface area contributed by atoms with Gasteiger partial charge in [0.15, 0.2) is 12.6 Å². The first-order chi connectivity index (χ1) is 16.2. The predicted octanol–water partition coefficient (Wildman–Crippen LogP) is 7.44. The van der Waals surface area contributed by atoms with Crippen molar-refractivity contribution in [3.05, 3.63) is 119 Å². The highest BCUT2D eigenvalue weighted by Crippen LogP contribution is 2.33. The molecule has 0 amide bonds. The lowest BCUT2D eigenvalue weighted by Crippen LogP contribution is -2.00. The molecule has 0 aliphatic heterocycles. The molecule has 164 valence electrons. The van der Waals surface area contributed by atoms with Gasteiger partial charge in [0, 0.05) is 5.92 Å². The number of ether oxygens (including phenoxy) is 2. The summed E-state index contributed by atoms with van der Waals surface area (Å²) in [4.78, 5) is 22.4. The lowest BCUT2D eigenvalue weighted by molar-refractivity contribution is 0.111. The van der Waals surface area contributed by atoms with E-state index in [0.29, 0.717) is 34.1 Å². The molecule has 0 aliphatic carbocycles. The zero-order valence-electron chi connectivity index (χ0n) is 18.3. The molecule has 0 bridgehead atoms. The molecule has 0 fully saturated rings. The zero-order valence-corrected chi connectivity index (χ0v) is 18.3. The number of rotatable bonds is 9. The normalized spacial score (nSPS) is 10.6. The largest absolute Gasteiger partial charge is 0.457 e. The number of aldehydes is 2. The number of carbonyl (C=O) groups excluding carboxylic acids is 2. The van der Waals surface area contributed by atoms with Crippen molar-refractivity contribution in [1.82, 2.24) is 0 Å². The van der Waals surface area contributed by atoms with E-state index in [9.17, 15) is 9.59 Å². The summed E-state index contributed by atoms with van der Waals surface area (Å²) in [6.07, 6.45) is 2.52. The molecule has 33 heavy (non-hydrogen) atoms. The first-order valence-electron chi connectivity index (χ1n) is 10.9. The molecule has 0 saturated heterocycles. The Labute approximate surface area is 193 Å². The minimum atomic E-state index is 0.220. The van der Waals surface area contributed by atoms with Gasteiger partial charge in [0.1, 0.15) is 23.0 Å². The number of para-hydroxylation sites is 2. The third kappa shape index (κ3) is 5.18. The topological polar surface area (TPSA) is 52.6 Å². The minimum Gasteiger partial charge on any atom is -0.457 e. The van der Waals surface area contributed by atoms with Crippen molar-refractivity contribution in [3.8, 4) is 23.0 Å². The molecule has 0 heterocycles. The summed E-state index contributed by atoms with van der Waals surface area (Å²) < 4.78 is 11.8. The van der Waals surface area contributed by atoms with Crippen molar-refractivity contribution < 1.29 is 19.1 Å². The molecule has 4 heteroatoms. The Balaban J connectivity index is 1.49. The van der Waals surface area contributed by atoms with E-state index in [1.165, 1.54) is 11.1 Å². The molecular weight excluding hydrogens is 412 g/mol. The summed E-state index contributed by atoms with van der Waals surface area (Å²) in [6, 6.07) is 30.2. The van der Waals surface area contributed by atoms with Gasteiger partial charge in [-0.05, 0) is 66.1 Å². The van der Waals surface area contributed by atoms with Crippen LogP contribution in [0.15, 0.2) is 97.1 Å². The first kappa shape index (κ1) is 22.0. The van der Waals surface area contributed by atoms with Crippen molar-refractivity contribution in [1.29, 1.82) is 0 Å². The molecule has 0 unspecified atom stereocenters. The lowest BCUT2D eigenvalue weighted by Gasteiger charge is -2.17. The van der Waals surface area contributed by atoms with Gasteiger partial charge in [0.25, 0.3) is 0 Å². The molecule has 4 nitrogen and oxygen atoms in total. The van der Waals surface area contributed by atoms with Crippen molar-refractivity contribution >= 4 is 12.6 Å². The monoisotopic (exact) mass is 436 g/mol. The average Bonchev–Trinajstić information content (AvgIpc) is 2.87. The third-order valence-electron chi connectivity index (χ3n) is 5.52. The van der Waals surface area contributed by atoms with E-state index >= 15 is 0 Å². The van der Waals surface area contributed by atoms with Crippen LogP contribution in [-0.4, -0.2) is 12.6 Å². The van der Waals surface area contributed by atoms with E-state index in [2.05, 4.69) is 31.2 Å². The fourth-order valence-electron chi connectivity index (χ4n) is 3.80. The molecule has 0 atom stereocenters. The maximum atomic E-state index is 11.2. The molecule has 0 saturated carbocycles. The Bertz CT molecular complexity index is 1130. The van der Waals surface area contributed by atoms with Crippen LogP contribution in [0.25, 0.3) is 0 Å².